The third-order valence-electron chi connectivity index (χ3n) is 6.51. The molecular weight excluding hydrogens is 318 g/mol. The Morgan fingerprint density at radius 1 is 1.12 bits per heavy atom. The van der Waals surface area contributed by atoms with E-state index in [1.54, 1.807) is 5.51 Å². The van der Waals surface area contributed by atoms with Crippen LogP contribution in [0.3, 0.4) is 0 Å². The molecule has 4 aliphatic rings. The highest BCUT2D eigenvalue weighted by molar-refractivity contribution is 7.13. The van der Waals surface area contributed by atoms with Gasteiger partial charge in [0.25, 0.3) is 0 Å². The van der Waals surface area contributed by atoms with Crippen LogP contribution in [-0.4, -0.2) is 16.1 Å². The number of carbonyl (C=O) groups is 1. The van der Waals surface area contributed by atoms with E-state index in [-0.39, 0.29) is 16.7 Å². The van der Waals surface area contributed by atoms with Gasteiger partial charge in [0.1, 0.15) is 5.51 Å². The van der Waals surface area contributed by atoms with Crippen LogP contribution >= 0.6 is 11.3 Å². The smallest absolute Gasteiger partial charge is 0.232 e. The van der Waals surface area contributed by atoms with Crippen molar-refractivity contribution in [3.05, 3.63) is 41.4 Å². The first-order valence-electron chi connectivity index (χ1n) is 8.81. The molecule has 1 heterocycles. The number of aromatic nitrogens is 2. The van der Waals surface area contributed by atoms with E-state index in [9.17, 15) is 4.79 Å². The van der Waals surface area contributed by atoms with Crippen LogP contribution in [0.4, 0.5) is 5.13 Å². The summed E-state index contributed by atoms with van der Waals surface area (Å²) < 4.78 is 0. The number of anilines is 1. The van der Waals surface area contributed by atoms with Gasteiger partial charge in [-0.05, 0) is 61.3 Å². The van der Waals surface area contributed by atoms with E-state index >= 15 is 0 Å². The Morgan fingerprint density at radius 3 is 2.54 bits per heavy atom. The molecule has 2 aromatic rings. The van der Waals surface area contributed by atoms with Crippen molar-refractivity contribution < 1.29 is 4.79 Å². The summed E-state index contributed by atoms with van der Waals surface area (Å²) in [6.07, 6.45) is 6.89. The molecule has 6 rings (SSSR count). The van der Waals surface area contributed by atoms with Gasteiger partial charge in [-0.3, -0.25) is 4.79 Å². The highest BCUT2D eigenvalue weighted by Crippen LogP contribution is 2.65. The predicted molar refractivity (Wildman–Crippen MR) is 93.8 cm³/mol. The zero-order chi connectivity index (χ0) is 16.2. The van der Waals surface area contributed by atoms with Crippen LogP contribution in [0.15, 0.2) is 35.8 Å². The number of hydrogen-bond donors (Lipinski definition) is 1. The van der Waals surface area contributed by atoms with Gasteiger partial charge in [0, 0.05) is 0 Å². The molecule has 0 aliphatic heterocycles. The molecule has 0 saturated heterocycles. The molecule has 4 saturated carbocycles. The molecule has 4 nitrogen and oxygen atoms in total. The molecule has 5 heteroatoms. The minimum absolute atomic E-state index is 0.175. The number of rotatable bonds is 3. The molecule has 0 spiro atoms. The molecule has 1 N–H and O–H groups in total. The van der Waals surface area contributed by atoms with Crippen LogP contribution in [0.25, 0.3) is 0 Å². The van der Waals surface area contributed by atoms with Crippen molar-refractivity contribution in [2.75, 3.05) is 5.32 Å². The monoisotopic (exact) mass is 339 g/mol. The lowest BCUT2D eigenvalue weighted by molar-refractivity contribution is -0.143. The Kier molecular flexibility index (Phi) is 3.11. The second-order valence-corrected chi connectivity index (χ2v) is 8.92. The maximum absolute atomic E-state index is 13.2. The molecule has 124 valence electrons. The third-order valence-corrected chi connectivity index (χ3v) is 7.12. The van der Waals surface area contributed by atoms with E-state index in [0.717, 1.165) is 19.3 Å². The molecule has 4 aliphatic carbocycles. The van der Waals surface area contributed by atoms with Crippen molar-refractivity contribution in [1.29, 1.82) is 0 Å². The maximum atomic E-state index is 13.2. The number of hydrogen-bond acceptors (Lipinski definition) is 4. The molecule has 1 amide bonds. The Hall–Kier alpha value is -1.75. The summed E-state index contributed by atoms with van der Waals surface area (Å²) in [6, 6.07) is 10.9. The minimum Gasteiger partial charge on any atom is -0.300 e. The normalized spacial score (nSPS) is 36.7. The van der Waals surface area contributed by atoms with E-state index in [4.69, 9.17) is 0 Å². The summed E-state index contributed by atoms with van der Waals surface area (Å²) in [5.74, 6) is 1.55. The second-order valence-electron chi connectivity index (χ2n) is 8.09. The molecule has 4 bridgehead atoms. The van der Waals surface area contributed by atoms with Crippen LogP contribution < -0.4 is 5.32 Å². The second kappa shape index (κ2) is 5.12. The fourth-order valence-corrected chi connectivity index (χ4v) is 6.55. The summed E-state index contributed by atoms with van der Waals surface area (Å²) in [5, 5.41) is 11.5. The Morgan fingerprint density at radius 2 is 1.88 bits per heavy atom. The van der Waals surface area contributed by atoms with Crippen molar-refractivity contribution in [2.24, 2.45) is 17.3 Å². The molecule has 0 radical (unpaired) electrons. The molecule has 4 fully saturated rings. The summed E-state index contributed by atoms with van der Waals surface area (Å²) in [6.45, 7) is 0. The summed E-state index contributed by atoms with van der Waals surface area (Å²) in [7, 11) is 0. The first-order valence-corrected chi connectivity index (χ1v) is 9.69. The Balaban J connectivity index is 1.50. The van der Waals surface area contributed by atoms with Gasteiger partial charge in [-0.25, -0.2) is 0 Å². The summed E-state index contributed by atoms with van der Waals surface area (Å²) in [4.78, 5) is 13.2. The Labute approximate surface area is 145 Å². The summed E-state index contributed by atoms with van der Waals surface area (Å²) in [5.41, 5.74) is 3.09. The quantitative estimate of drug-likeness (QED) is 0.919. The van der Waals surface area contributed by atoms with Gasteiger partial charge >= 0.3 is 0 Å². The zero-order valence-corrected chi connectivity index (χ0v) is 14.4. The predicted octanol–water partition coefficient (Wildman–Crippen LogP) is 4.01. The van der Waals surface area contributed by atoms with E-state index in [0.29, 0.717) is 17.0 Å². The van der Waals surface area contributed by atoms with Crippen LogP contribution in [0.1, 0.15) is 44.1 Å². The molecule has 24 heavy (non-hydrogen) atoms. The number of nitrogens with zero attached hydrogens (tertiary/aromatic N) is 2. The van der Waals surface area contributed by atoms with E-state index in [1.807, 2.05) is 0 Å². The lowest BCUT2D eigenvalue weighted by Crippen LogP contribution is -2.57. The minimum atomic E-state index is -0.217. The molecule has 1 aromatic carbocycles. The topological polar surface area (TPSA) is 54.9 Å². The number of nitrogens with one attached hydrogen (secondary N) is 1. The highest BCUT2D eigenvalue weighted by Gasteiger charge is 2.60. The van der Waals surface area contributed by atoms with Gasteiger partial charge in [-0.2, -0.15) is 0 Å². The van der Waals surface area contributed by atoms with E-state index < -0.39 is 0 Å². The number of carbonyl (C=O) groups excluding carboxylic acids is 1. The average Bonchev–Trinajstić information content (AvgIpc) is 3.07. The fraction of sp³-hybridized carbons (Fsp3) is 0.526. The van der Waals surface area contributed by atoms with Gasteiger partial charge in [-0.15, -0.1) is 10.2 Å². The highest BCUT2D eigenvalue weighted by atomic mass is 32.1. The molecule has 1 aromatic heterocycles. The van der Waals surface area contributed by atoms with Crippen molar-refractivity contribution in [2.45, 2.75) is 43.9 Å². The van der Waals surface area contributed by atoms with Crippen molar-refractivity contribution in [3.8, 4) is 0 Å². The average molecular weight is 339 g/mol. The Bertz CT molecular complexity index is 744. The largest absolute Gasteiger partial charge is 0.300 e. The lowest BCUT2D eigenvalue weighted by atomic mass is 9.42. The number of amides is 1. The van der Waals surface area contributed by atoms with Gasteiger partial charge in [0.05, 0.1) is 5.41 Å². The van der Waals surface area contributed by atoms with E-state index in [2.05, 4.69) is 45.8 Å². The maximum Gasteiger partial charge on any atom is 0.232 e. The van der Waals surface area contributed by atoms with Gasteiger partial charge in [0.2, 0.25) is 11.0 Å². The van der Waals surface area contributed by atoms with Crippen LogP contribution in [0.5, 0.6) is 0 Å². The molecule has 4 atom stereocenters. The van der Waals surface area contributed by atoms with Crippen molar-refractivity contribution in [1.82, 2.24) is 10.2 Å². The standard InChI is InChI=1S/C19H21N3OS/c23-16(21-17-22-20-12-24-17)19-9-13-6-14(10-19)8-18(7-13,11-19)15-4-2-1-3-5-15/h1-5,12-14H,6-11H2,(H,21,22,23)/t13-,14+,18?,19?. The zero-order valence-electron chi connectivity index (χ0n) is 13.6. The van der Waals surface area contributed by atoms with Gasteiger partial charge < -0.3 is 5.32 Å². The van der Waals surface area contributed by atoms with Gasteiger partial charge in [0.15, 0.2) is 0 Å². The van der Waals surface area contributed by atoms with Crippen molar-refractivity contribution in [3.63, 3.8) is 0 Å². The van der Waals surface area contributed by atoms with Gasteiger partial charge in [-0.1, -0.05) is 41.7 Å². The molecule has 2 unspecified atom stereocenters. The number of benzene rings is 1. The van der Waals surface area contributed by atoms with E-state index in [1.165, 1.54) is 36.2 Å². The van der Waals surface area contributed by atoms with Crippen LogP contribution in [0.2, 0.25) is 0 Å². The van der Waals surface area contributed by atoms with Crippen LogP contribution in [-0.2, 0) is 10.2 Å². The first kappa shape index (κ1) is 14.6. The fourth-order valence-electron chi connectivity index (χ4n) is 6.11. The third kappa shape index (κ3) is 2.14. The SMILES string of the molecule is O=C(Nc1nncs1)C12C[C@H]3C[C@@H](C1)CC(c1ccccc1)(C3)C2. The molecular formula is C19H21N3OS. The first-order chi connectivity index (χ1) is 11.7. The van der Waals surface area contributed by atoms with Crippen molar-refractivity contribution >= 4 is 22.4 Å². The van der Waals surface area contributed by atoms with Crippen LogP contribution in [0, 0.1) is 17.3 Å². The lowest BCUT2D eigenvalue weighted by Gasteiger charge is -2.61. The summed E-state index contributed by atoms with van der Waals surface area (Å²) >= 11 is 1.40.